The van der Waals surface area contributed by atoms with Crippen LogP contribution in [0.1, 0.15) is 32.1 Å². The third kappa shape index (κ3) is 5.14. The first-order chi connectivity index (χ1) is 15.6. The summed E-state index contributed by atoms with van der Waals surface area (Å²) in [5, 5.41) is 15.7. The Kier molecular flexibility index (Phi) is 6.80. The van der Waals surface area contributed by atoms with Gasteiger partial charge < -0.3 is 15.1 Å². The standard InChI is InChI=1S/C23H27N7O2/c24-16-26-23(27-18-13-17-7-1-2-8-19(17)25-14-18)28-20-9-3-4-12-30(22(20)32)15-21(31)29-10-5-6-11-29/h1-2,7-8,13-14,20H,3-6,9-12,15H2,(H2,26,27,28). The molecule has 9 nitrogen and oxygen atoms in total. The SMILES string of the molecule is N#CNC(=NC1CCCCN(CC(=O)N2CCCC2)C1=O)Nc1cnc2ccccc2c1. The molecule has 1 aromatic heterocycles. The highest BCUT2D eigenvalue weighted by atomic mass is 16.2. The first-order valence-corrected chi connectivity index (χ1v) is 11.1. The second-order valence-electron chi connectivity index (χ2n) is 8.12. The van der Waals surface area contributed by atoms with E-state index in [1.165, 1.54) is 0 Å². The molecule has 1 aromatic carbocycles. The lowest BCUT2D eigenvalue weighted by Gasteiger charge is -2.25. The number of para-hydroxylation sites is 1. The number of nitrogens with zero attached hydrogens (tertiary/aromatic N) is 5. The Labute approximate surface area is 187 Å². The zero-order chi connectivity index (χ0) is 22.3. The van der Waals surface area contributed by atoms with Crippen LogP contribution in [0.5, 0.6) is 0 Å². The lowest BCUT2D eigenvalue weighted by atomic mass is 10.1. The smallest absolute Gasteiger partial charge is 0.247 e. The number of nitrogens with one attached hydrogen (secondary N) is 2. The molecule has 2 N–H and O–H groups in total. The van der Waals surface area contributed by atoms with E-state index in [-0.39, 0.29) is 24.3 Å². The molecule has 2 aliphatic rings. The van der Waals surface area contributed by atoms with E-state index >= 15 is 0 Å². The number of aliphatic imine (C=N–C) groups is 1. The predicted octanol–water partition coefficient (Wildman–Crippen LogP) is 2.08. The summed E-state index contributed by atoms with van der Waals surface area (Å²) >= 11 is 0. The van der Waals surface area contributed by atoms with E-state index in [0.29, 0.717) is 18.7 Å². The van der Waals surface area contributed by atoms with Crippen LogP contribution in [0.4, 0.5) is 5.69 Å². The molecule has 4 rings (SSSR count). The molecule has 0 radical (unpaired) electrons. The largest absolute Gasteiger partial charge is 0.341 e. The molecule has 166 valence electrons. The van der Waals surface area contributed by atoms with Crippen LogP contribution < -0.4 is 10.6 Å². The number of amides is 2. The number of carbonyl (C=O) groups excluding carboxylic acids is 2. The molecule has 2 amide bonds. The Morgan fingerprint density at radius 3 is 2.78 bits per heavy atom. The number of likely N-dealkylation sites (tertiary alicyclic amines) is 2. The third-order valence-corrected chi connectivity index (χ3v) is 5.85. The summed E-state index contributed by atoms with van der Waals surface area (Å²) in [4.78, 5) is 38.1. The minimum atomic E-state index is -0.652. The molecule has 2 aromatic rings. The van der Waals surface area contributed by atoms with Gasteiger partial charge in [-0.3, -0.25) is 19.9 Å². The Morgan fingerprint density at radius 1 is 1.19 bits per heavy atom. The van der Waals surface area contributed by atoms with Crippen LogP contribution in [0.3, 0.4) is 0 Å². The van der Waals surface area contributed by atoms with Gasteiger partial charge in [0.1, 0.15) is 6.04 Å². The van der Waals surface area contributed by atoms with Gasteiger partial charge in [0.15, 0.2) is 6.19 Å². The number of anilines is 1. The summed E-state index contributed by atoms with van der Waals surface area (Å²) in [6.45, 7) is 2.17. The van der Waals surface area contributed by atoms with Crippen molar-refractivity contribution in [1.82, 2.24) is 20.1 Å². The highest BCUT2D eigenvalue weighted by Gasteiger charge is 2.30. The zero-order valence-electron chi connectivity index (χ0n) is 18.0. The first kappa shape index (κ1) is 21.6. The average molecular weight is 434 g/mol. The topological polar surface area (TPSA) is 114 Å². The molecule has 0 bridgehead atoms. The van der Waals surface area contributed by atoms with Gasteiger partial charge in [0.25, 0.3) is 0 Å². The number of hydrogen-bond acceptors (Lipinski definition) is 5. The molecule has 9 heteroatoms. The molecule has 0 aliphatic carbocycles. The maximum Gasteiger partial charge on any atom is 0.247 e. The maximum absolute atomic E-state index is 13.2. The Bertz CT molecular complexity index is 1060. The minimum Gasteiger partial charge on any atom is -0.341 e. The van der Waals surface area contributed by atoms with E-state index in [0.717, 1.165) is 49.7 Å². The van der Waals surface area contributed by atoms with Crippen LogP contribution in [-0.4, -0.2) is 64.8 Å². The molecule has 2 fully saturated rings. The molecule has 1 atom stereocenters. The number of pyridine rings is 1. The molecule has 32 heavy (non-hydrogen) atoms. The van der Waals surface area contributed by atoms with Gasteiger partial charge in [-0.15, -0.1) is 0 Å². The van der Waals surface area contributed by atoms with Crippen LogP contribution in [0.25, 0.3) is 10.9 Å². The second kappa shape index (κ2) is 10.1. The number of guanidine groups is 1. The number of nitriles is 1. The molecule has 0 saturated carbocycles. The minimum absolute atomic E-state index is 0.00350. The molecular weight excluding hydrogens is 406 g/mol. The van der Waals surface area contributed by atoms with Crippen molar-refractivity contribution in [2.75, 3.05) is 31.5 Å². The van der Waals surface area contributed by atoms with E-state index in [1.54, 1.807) is 11.1 Å². The van der Waals surface area contributed by atoms with Gasteiger partial charge in [-0.1, -0.05) is 18.2 Å². The summed E-state index contributed by atoms with van der Waals surface area (Å²) < 4.78 is 0. The van der Waals surface area contributed by atoms with Crippen LogP contribution in [0.2, 0.25) is 0 Å². The van der Waals surface area contributed by atoms with Gasteiger partial charge in [-0.05, 0) is 44.2 Å². The number of hydrogen-bond donors (Lipinski definition) is 2. The molecule has 2 saturated heterocycles. The highest BCUT2D eigenvalue weighted by Crippen LogP contribution is 2.18. The van der Waals surface area contributed by atoms with E-state index in [9.17, 15) is 14.9 Å². The van der Waals surface area contributed by atoms with Crippen molar-refractivity contribution in [1.29, 1.82) is 5.26 Å². The lowest BCUT2D eigenvalue weighted by Crippen LogP contribution is -2.45. The van der Waals surface area contributed by atoms with E-state index < -0.39 is 6.04 Å². The Morgan fingerprint density at radius 2 is 1.97 bits per heavy atom. The van der Waals surface area contributed by atoms with Gasteiger partial charge in [-0.2, -0.15) is 5.26 Å². The summed E-state index contributed by atoms with van der Waals surface area (Å²) in [5.74, 6) is 0.0117. The number of rotatable bonds is 4. The monoisotopic (exact) mass is 433 g/mol. The molecule has 2 aliphatic heterocycles. The van der Waals surface area contributed by atoms with Crippen molar-refractivity contribution in [2.45, 2.75) is 38.1 Å². The fourth-order valence-corrected chi connectivity index (χ4v) is 4.17. The average Bonchev–Trinajstić information content (AvgIpc) is 3.29. The van der Waals surface area contributed by atoms with Gasteiger partial charge in [0.2, 0.25) is 17.8 Å². The fourth-order valence-electron chi connectivity index (χ4n) is 4.17. The number of benzene rings is 1. The third-order valence-electron chi connectivity index (χ3n) is 5.85. The number of aromatic nitrogens is 1. The number of carbonyl (C=O) groups is 2. The van der Waals surface area contributed by atoms with Crippen LogP contribution in [0.15, 0.2) is 41.5 Å². The van der Waals surface area contributed by atoms with Crippen molar-refractivity contribution < 1.29 is 9.59 Å². The molecule has 1 unspecified atom stereocenters. The van der Waals surface area contributed by atoms with Crippen LogP contribution in [-0.2, 0) is 9.59 Å². The van der Waals surface area contributed by atoms with Crippen molar-refractivity contribution in [3.8, 4) is 6.19 Å². The predicted molar refractivity (Wildman–Crippen MR) is 122 cm³/mol. The lowest BCUT2D eigenvalue weighted by molar-refractivity contribution is -0.140. The summed E-state index contributed by atoms with van der Waals surface area (Å²) in [6.07, 6.45) is 7.80. The van der Waals surface area contributed by atoms with E-state index in [1.807, 2.05) is 41.4 Å². The van der Waals surface area contributed by atoms with Crippen LogP contribution in [0, 0.1) is 11.5 Å². The summed E-state index contributed by atoms with van der Waals surface area (Å²) in [6, 6.07) is 8.98. The molecule has 0 spiro atoms. The number of fused-ring (bicyclic) bond motifs is 1. The Balaban J connectivity index is 1.49. The maximum atomic E-state index is 13.2. The van der Waals surface area contributed by atoms with Gasteiger partial charge >= 0.3 is 0 Å². The first-order valence-electron chi connectivity index (χ1n) is 11.1. The normalized spacial score (nSPS) is 19.5. The highest BCUT2D eigenvalue weighted by molar-refractivity contribution is 5.98. The zero-order valence-corrected chi connectivity index (χ0v) is 18.0. The molecule has 3 heterocycles. The van der Waals surface area contributed by atoms with Crippen molar-refractivity contribution in [3.05, 3.63) is 36.5 Å². The summed E-state index contributed by atoms with van der Waals surface area (Å²) in [7, 11) is 0. The molecular formula is C23H27N7O2. The van der Waals surface area contributed by atoms with Crippen molar-refractivity contribution in [3.63, 3.8) is 0 Å². The fraction of sp³-hybridized carbons (Fsp3) is 0.435. The Hall–Kier alpha value is -3.67. The van der Waals surface area contributed by atoms with E-state index in [2.05, 4.69) is 20.6 Å². The van der Waals surface area contributed by atoms with Gasteiger partial charge in [0.05, 0.1) is 23.9 Å². The second-order valence-corrected chi connectivity index (χ2v) is 8.12. The van der Waals surface area contributed by atoms with Crippen molar-refractivity contribution >= 4 is 34.4 Å². The van der Waals surface area contributed by atoms with Gasteiger partial charge in [0, 0.05) is 25.0 Å². The van der Waals surface area contributed by atoms with E-state index in [4.69, 9.17) is 0 Å². The van der Waals surface area contributed by atoms with Crippen LogP contribution >= 0.6 is 0 Å². The quantitative estimate of drug-likeness (QED) is 0.330. The van der Waals surface area contributed by atoms with Gasteiger partial charge in [-0.25, -0.2) is 4.99 Å². The summed E-state index contributed by atoms with van der Waals surface area (Å²) in [5.41, 5.74) is 1.52. The van der Waals surface area contributed by atoms with Crippen molar-refractivity contribution in [2.24, 2.45) is 4.99 Å².